The summed E-state index contributed by atoms with van der Waals surface area (Å²) >= 11 is 2.81. The monoisotopic (exact) mass is 469 g/mol. The fraction of sp³-hybridized carbons (Fsp3) is 0.368. The van der Waals surface area contributed by atoms with Crippen LogP contribution in [-0.2, 0) is 14.8 Å². The molecule has 0 unspecified atom stereocenters. The van der Waals surface area contributed by atoms with Crippen molar-refractivity contribution in [3.05, 3.63) is 40.6 Å². The number of benzene rings is 1. The van der Waals surface area contributed by atoms with Crippen LogP contribution in [-0.4, -0.2) is 62.3 Å². The lowest BCUT2D eigenvalue weighted by atomic mass is 10.3. The summed E-state index contributed by atoms with van der Waals surface area (Å²) in [5.41, 5.74) is 0.497. The van der Waals surface area contributed by atoms with Gasteiger partial charge in [0, 0.05) is 36.8 Å². The molecule has 0 bridgehead atoms. The van der Waals surface area contributed by atoms with Gasteiger partial charge in [-0.1, -0.05) is 0 Å². The maximum atomic E-state index is 12.9. The van der Waals surface area contributed by atoms with E-state index in [2.05, 4.69) is 10.6 Å². The lowest BCUT2D eigenvalue weighted by Crippen LogP contribution is -2.38. The number of nitrogens with zero attached hydrogens (tertiary/aromatic N) is 1. The van der Waals surface area contributed by atoms with E-state index < -0.39 is 15.9 Å². The third-order valence-electron chi connectivity index (χ3n) is 4.28. The Bertz CT molecular complexity index is 983. The molecular weight excluding hydrogens is 446 g/mol. The number of nitrogens with one attached hydrogen (secondary N) is 2. The second kappa shape index (κ2) is 10.3. The summed E-state index contributed by atoms with van der Waals surface area (Å²) in [6.45, 7) is 3.16. The van der Waals surface area contributed by atoms with Gasteiger partial charge in [0.15, 0.2) is 6.61 Å². The van der Waals surface area contributed by atoms with Crippen LogP contribution in [0.25, 0.3) is 0 Å². The van der Waals surface area contributed by atoms with Gasteiger partial charge in [-0.05, 0) is 42.6 Å². The third kappa shape index (κ3) is 5.54. The van der Waals surface area contributed by atoms with Crippen LogP contribution in [0.5, 0.6) is 5.75 Å². The van der Waals surface area contributed by atoms with Crippen LogP contribution in [0.3, 0.4) is 0 Å². The Morgan fingerprint density at radius 2 is 1.83 bits per heavy atom. The van der Waals surface area contributed by atoms with E-state index in [1.165, 1.54) is 10.4 Å². The second-order valence-corrected chi connectivity index (χ2v) is 10.4. The summed E-state index contributed by atoms with van der Waals surface area (Å²) in [4.78, 5) is 24.4. The number of ether oxygens (including phenoxy) is 1. The van der Waals surface area contributed by atoms with Gasteiger partial charge in [-0.2, -0.15) is 16.1 Å². The summed E-state index contributed by atoms with van der Waals surface area (Å²) in [5.74, 6) is 1.29. The number of sulfonamides is 1. The molecule has 2 N–H and O–H groups in total. The molecule has 11 heteroatoms. The number of carbonyl (C=O) groups is 2. The highest BCUT2D eigenvalue weighted by Crippen LogP contribution is 2.28. The largest absolute Gasteiger partial charge is 0.484 e. The molecule has 0 spiro atoms. The van der Waals surface area contributed by atoms with Crippen molar-refractivity contribution in [2.24, 2.45) is 0 Å². The number of thioether (sulfide) groups is 1. The van der Waals surface area contributed by atoms with Crippen molar-refractivity contribution >= 4 is 50.6 Å². The molecule has 0 saturated carbocycles. The van der Waals surface area contributed by atoms with Gasteiger partial charge in [-0.15, -0.1) is 11.3 Å². The minimum atomic E-state index is -3.70. The van der Waals surface area contributed by atoms with Crippen molar-refractivity contribution in [1.82, 2.24) is 9.62 Å². The Labute approximate surface area is 184 Å². The first kappa shape index (κ1) is 22.6. The van der Waals surface area contributed by atoms with Crippen molar-refractivity contribution in [2.45, 2.75) is 11.8 Å². The van der Waals surface area contributed by atoms with Crippen LogP contribution in [0.15, 0.2) is 40.6 Å². The van der Waals surface area contributed by atoms with Crippen LogP contribution in [0, 0.1) is 0 Å². The Balaban J connectivity index is 1.66. The quantitative estimate of drug-likeness (QED) is 0.615. The zero-order valence-corrected chi connectivity index (χ0v) is 18.9. The molecule has 0 atom stereocenters. The number of carbonyl (C=O) groups excluding carboxylic acids is 2. The molecule has 1 aromatic heterocycles. The molecule has 1 aliphatic heterocycles. The van der Waals surface area contributed by atoms with E-state index in [4.69, 9.17) is 4.74 Å². The summed E-state index contributed by atoms with van der Waals surface area (Å²) < 4.78 is 32.7. The van der Waals surface area contributed by atoms with Gasteiger partial charge in [-0.25, -0.2) is 8.42 Å². The first-order chi connectivity index (χ1) is 14.4. The number of rotatable bonds is 8. The highest BCUT2D eigenvalue weighted by atomic mass is 32.2. The number of amides is 2. The van der Waals surface area contributed by atoms with E-state index >= 15 is 0 Å². The van der Waals surface area contributed by atoms with E-state index in [-0.39, 0.29) is 22.3 Å². The van der Waals surface area contributed by atoms with Crippen LogP contribution >= 0.6 is 23.1 Å². The molecule has 1 fully saturated rings. The molecule has 30 heavy (non-hydrogen) atoms. The van der Waals surface area contributed by atoms with Crippen molar-refractivity contribution in [3.63, 3.8) is 0 Å². The van der Waals surface area contributed by atoms with E-state index in [9.17, 15) is 18.0 Å². The highest BCUT2D eigenvalue weighted by Gasteiger charge is 2.31. The number of hydrogen-bond acceptors (Lipinski definition) is 7. The average Bonchev–Trinajstić information content (AvgIpc) is 3.25. The molecule has 8 nitrogen and oxygen atoms in total. The smallest absolute Gasteiger partial charge is 0.267 e. The Morgan fingerprint density at radius 3 is 2.50 bits per heavy atom. The van der Waals surface area contributed by atoms with Crippen LogP contribution < -0.4 is 15.4 Å². The second-order valence-electron chi connectivity index (χ2n) is 6.35. The molecule has 1 aromatic carbocycles. The van der Waals surface area contributed by atoms with Crippen LogP contribution in [0.1, 0.15) is 16.6 Å². The maximum absolute atomic E-state index is 12.9. The summed E-state index contributed by atoms with van der Waals surface area (Å²) in [5, 5.41) is 6.97. The fourth-order valence-corrected chi connectivity index (χ4v) is 6.68. The molecule has 2 amide bonds. The molecule has 3 rings (SSSR count). The van der Waals surface area contributed by atoms with Gasteiger partial charge in [-0.3, -0.25) is 9.59 Å². The third-order valence-corrected chi connectivity index (χ3v) is 8.21. The first-order valence-electron chi connectivity index (χ1n) is 9.38. The van der Waals surface area contributed by atoms with Gasteiger partial charge in [0.1, 0.15) is 15.5 Å². The zero-order chi connectivity index (χ0) is 21.6. The van der Waals surface area contributed by atoms with Crippen LogP contribution in [0.4, 0.5) is 5.69 Å². The SMILES string of the molecule is CCNC(=O)COc1ccc(NC(=O)c2sccc2S(=O)(=O)N2CCSCC2)cc1. The van der Waals surface area contributed by atoms with Crippen molar-refractivity contribution in [2.75, 3.05) is 43.1 Å². The molecule has 0 aliphatic carbocycles. The Hall–Kier alpha value is -2.08. The molecule has 2 heterocycles. The van der Waals surface area contributed by atoms with E-state index in [1.54, 1.807) is 41.4 Å². The number of likely N-dealkylation sites (N-methyl/N-ethyl adjacent to an activating group) is 1. The normalized spacial score (nSPS) is 14.8. The maximum Gasteiger partial charge on any atom is 0.267 e. The van der Waals surface area contributed by atoms with Gasteiger partial charge < -0.3 is 15.4 Å². The van der Waals surface area contributed by atoms with Crippen molar-refractivity contribution in [1.29, 1.82) is 0 Å². The number of hydrogen-bond donors (Lipinski definition) is 2. The average molecular weight is 470 g/mol. The summed E-state index contributed by atoms with van der Waals surface area (Å²) in [6.07, 6.45) is 0. The predicted octanol–water partition coefficient (Wildman–Crippen LogP) is 2.25. The topological polar surface area (TPSA) is 105 Å². The zero-order valence-electron chi connectivity index (χ0n) is 16.4. The molecule has 1 saturated heterocycles. The predicted molar refractivity (Wildman–Crippen MR) is 119 cm³/mol. The van der Waals surface area contributed by atoms with Crippen LogP contribution in [0.2, 0.25) is 0 Å². The van der Waals surface area contributed by atoms with Crippen molar-refractivity contribution in [3.8, 4) is 5.75 Å². The minimum absolute atomic E-state index is 0.0405. The summed E-state index contributed by atoms with van der Waals surface area (Å²) in [6, 6.07) is 8.01. The van der Waals surface area contributed by atoms with Gasteiger partial charge in [0.05, 0.1) is 0 Å². The molecule has 162 valence electrons. The standard InChI is InChI=1S/C19H23N3O5S3/c1-2-20-17(23)13-27-15-5-3-14(4-6-15)21-19(24)18-16(7-10-29-18)30(25,26)22-8-11-28-12-9-22/h3-7,10H,2,8-9,11-13H2,1H3,(H,20,23)(H,21,24). The van der Waals surface area contributed by atoms with Gasteiger partial charge >= 0.3 is 0 Å². The number of thiophene rings is 1. The first-order valence-corrected chi connectivity index (χ1v) is 12.9. The molecule has 0 radical (unpaired) electrons. The lowest BCUT2D eigenvalue weighted by Gasteiger charge is -2.25. The molecular formula is C19H23N3O5S3. The number of anilines is 1. The Morgan fingerprint density at radius 1 is 1.13 bits per heavy atom. The van der Waals surface area contributed by atoms with Crippen molar-refractivity contribution < 1.29 is 22.7 Å². The van der Waals surface area contributed by atoms with E-state index in [0.717, 1.165) is 22.8 Å². The molecule has 2 aromatic rings. The van der Waals surface area contributed by atoms with E-state index in [0.29, 0.717) is 31.1 Å². The lowest BCUT2D eigenvalue weighted by molar-refractivity contribution is -0.122. The fourth-order valence-electron chi connectivity index (χ4n) is 2.81. The van der Waals surface area contributed by atoms with Gasteiger partial charge in [0.2, 0.25) is 10.0 Å². The Kier molecular flexibility index (Phi) is 7.75. The van der Waals surface area contributed by atoms with Gasteiger partial charge in [0.25, 0.3) is 11.8 Å². The van der Waals surface area contributed by atoms with E-state index in [1.807, 2.05) is 6.92 Å². The minimum Gasteiger partial charge on any atom is -0.484 e. The summed E-state index contributed by atoms with van der Waals surface area (Å²) in [7, 11) is -3.70. The highest BCUT2D eigenvalue weighted by molar-refractivity contribution is 7.99. The molecule has 1 aliphatic rings.